The maximum absolute atomic E-state index is 11.3. The number of imidazole rings is 1. The van der Waals surface area contributed by atoms with E-state index in [4.69, 9.17) is 13.7 Å². The van der Waals surface area contributed by atoms with Gasteiger partial charge in [0, 0.05) is 0 Å². The molecule has 24 heavy (non-hydrogen) atoms. The smallest absolute Gasteiger partial charge is 0.264 e. The Morgan fingerprint density at radius 1 is 1.42 bits per heavy atom. The first kappa shape index (κ1) is 17.0. The van der Waals surface area contributed by atoms with E-state index in [1.165, 1.54) is 13.4 Å². The molecule has 1 aliphatic rings. The van der Waals surface area contributed by atoms with E-state index in [1.54, 1.807) is 0 Å². The first-order chi connectivity index (χ1) is 11.3. The van der Waals surface area contributed by atoms with Gasteiger partial charge in [-0.3, -0.25) is 4.18 Å². The number of aliphatic hydroxyl groups is 2. The normalized spacial score (nSPS) is 27.7. The lowest BCUT2D eigenvalue weighted by Crippen LogP contribution is -2.37. The zero-order chi connectivity index (χ0) is 17.5. The van der Waals surface area contributed by atoms with Crippen LogP contribution in [0.25, 0.3) is 11.2 Å². The second kappa shape index (κ2) is 6.22. The summed E-state index contributed by atoms with van der Waals surface area (Å²) in [5, 5.41) is 19.7. The number of nitrogens with one attached hydrogen (secondary N) is 1. The molecule has 0 radical (unpaired) electrons. The van der Waals surface area contributed by atoms with E-state index >= 15 is 0 Å². The van der Waals surface area contributed by atoms with Crippen molar-refractivity contribution in [3.63, 3.8) is 0 Å². The molecule has 0 aliphatic carbocycles. The van der Waals surface area contributed by atoms with Gasteiger partial charge >= 0.3 is 0 Å². The molecule has 3 rings (SSSR count). The zero-order valence-electron chi connectivity index (χ0n) is 12.8. The molecule has 1 fully saturated rings. The van der Waals surface area contributed by atoms with Crippen LogP contribution in [0.4, 0.5) is 0 Å². The molecular weight excluding hydrogens is 344 g/mol. The third-order valence-electron chi connectivity index (χ3n) is 3.54. The monoisotopic (exact) mass is 360 g/mol. The molecule has 3 N–H and O–H groups in total. The Balaban J connectivity index is 1.95. The topological polar surface area (TPSA) is 157 Å². The molecule has 3 heterocycles. The van der Waals surface area contributed by atoms with Gasteiger partial charge < -0.3 is 24.7 Å². The van der Waals surface area contributed by atoms with Crippen LogP contribution in [0.15, 0.2) is 6.33 Å². The largest absolute Gasteiger partial charge is 0.479 e. The summed E-state index contributed by atoms with van der Waals surface area (Å²) in [6.45, 7) is -0.531. The highest BCUT2D eigenvalue weighted by molar-refractivity contribution is 7.86. The minimum absolute atomic E-state index is 0.189. The second-order valence-corrected chi connectivity index (χ2v) is 6.84. The van der Waals surface area contributed by atoms with Crippen molar-refractivity contribution in [1.82, 2.24) is 19.9 Å². The fourth-order valence-electron chi connectivity index (χ4n) is 2.55. The Morgan fingerprint density at radius 2 is 2.17 bits per heavy atom. The van der Waals surface area contributed by atoms with Crippen LogP contribution >= 0.6 is 0 Å². The second-order valence-electron chi connectivity index (χ2n) is 5.24. The summed E-state index contributed by atoms with van der Waals surface area (Å²) < 4.78 is 38.1. The number of hydrogen-bond acceptors (Lipinski definition) is 10. The number of nitrogens with zero attached hydrogens (tertiary/aromatic N) is 3. The standard InChI is InChI=1S/C12H16N4O7S/c1-21-12-6-10(13-4-14-12)16-11(15-6)9-7(18)8(5(3-17)22-9)23-24(2,19)20/h4-5,7-9,17-18H,3H2,1-2H3,(H,13,14,15,16)/t5-,7-,8+,9-/m1/s1. The summed E-state index contributed by atoms with van der Waals surface area (Å²) in [6.07, 6.45) is -2.56. The van der Waals surface area contributed by atoms with Crippen LogP contribution < -0.4 is 4.74 Å². The number of rotatable bonds is 5. The molecule has 1 aliphatic heterocycles. The molecule has 4 atom stereocenters. The van der Waals surface area contributed by atoms with Crippen LogP contribution in [0.5, 0.6) is 5.88 Å². The highest BCUT2D eigenvalue weighted by atomic mass is 32.2. The van der Waals surface area contributed by atoms with Gasteiger partial charge in [-0.1, -0.05) is 0 Å². The maximum atomic E-state index is 11.3. The van der Waals surface area contributed by atoms with Crippen molar-refractivity contribution >= 4 is 21.3 Å². The van der Waals surface area contributed by atoms with Crippen LogP contribution in [0.3, 0.4) is 0 Å². The van der Waals surface area contributed by atoms with Gasteiger partial charge in [-0.15, -0.1) is 0 Å². The van der Waals surface area contributed by atoms with Crippen LogP contribution in [0.1, 0.15) is 11.9 Å². The minimum Gasteiger partial charge on any atom is -0.479 e. The summed E-state index contributed by atoms with van der Waals surface area (Å²) in [6, 6.07) is 0. The average Bonchev–Trinajstić information content (AvgIpc) is 3.07. The van der Waals surface area contributed by atoms with Crippen molar-refractivity contribution in [3.8, 4) is 5.88 Å². The molecule has 132 valence electrons. The Morgan fingerprint density at radius 3 is 2.79 bits per heavy atom. The number of fused-ring (bicyclic) bond motifs is 1. The Hall–Kier alpha value is -1.86. The molecule has 0 bridgehead atoms. The third kappa shape index (κ3) is 3.06. The SMILES string of the molecule is COc1ncnc2nc([C@@H]3O[C@H](CO)[C@H](OS(C)(=O)=O)[C@H]3O)[nH]c12. The number of ether oxygens (including phenoxy) is 2. The predicted molar refractivity (Wildman–Crippen MR) is 78.7 cm³/mol. The fraction of sp³-hybridized carbons (Fsp3) is 0.583. The zero-order valence-corrected chi connectivity index (χ0v) is 13.6. The summed E-state index contributed by atoms with van der Waals surface area (Å²) in [5.41, 5.74) is 0.694. The van der Waals surface area contributed by atoms with Gasteiger partial charge in [0.05, 0.1) is 20.0 Å². The quantitative estimate of drug-likeness (QED) is 0.536. The number of aliphatic hydroxyl groups excluding tert-OH is 2. The summed E-state index contributed by atoms with van der Waals surface area (Å²) in [4.78, 5) is 15.0. The van der Waals surface area contributed by atoms with Gasteiger partial charge in [-0.2, -0.15) is 13.4 Å². The van der Waals surface area contributed by atoms with Crippen molar-refractivity contribution in [1.29, 1.82) is 0 Å². The number of aromatic amines is 1. The van der Waals surface area contributed by atoms with E-state index in [0.29, 0.717) is 11.2 Å². The summed E-state index contributed by atoms with van der Waals surface area (Å²) >= 11 is 0. The molecule has 0 aromatic carbocycles. The lowest BCUT2D eigenvalue weighted by Gasteiger charge is -2.17. The Labute approximate surface area is 136 Å². The maximum Gasteiger partial charge on any atom is 0.264 e. The molecule has 0 spiro atoms. The molecule has 11 nitrogen and oxygen atoms in total. The Kier molecular flexibility index (Phi) is 4.40. The van der Waals surface area contributed by atoms with E-state index in [9.17, 15) is 18.6 Å². The van der Waals surface area contributed by atoms with Crippen molar-refractivity contribution in [3.05, 3.63) is 12.2 Å². The number of hydrogen-bond donors (Lipinski definition) is 3. The van der Waals surface area contributed by atoms with Crippen molar-refractivity contribution in [2.75, 3.05) is 20.0 Å². The van der Waals surface area contributed by atoms with E-state index in [0.717, 1.165) is 6.26 Å². The number of H-pyrrole nitrogens is 1. The first-order valence-corrected chi connectivity index (χ1v) is 8.73. The van der Waals surface area contributed by atoms with Crippen molar-refractivity contribution in [2.24, 2.45) is 0 Å². The van der Waals surface area contributed by atoms with Gasteiger partial charge in [0.2, 0.25) is 5.88 Å². The lowest BCUT2D eigenvalue weighted by atomic mass is 10.1. The van der Waals surface area contributed by atoms with Gasteiger partial charge in [0.1, 0.15) is 42.1 Å². The average molecular weight is 360 g/mol. The van der Waals surface area contributed by atoms with E-state index in [1.807, 2.05) is 0 Å². The van der Waals surface area contributed by atoms with Crippen LogP contribution in [-0.2, 0) is 19.0 Å². The van der Waals surface area contributed by atoms with Gasteiger partial charge in [-0.25, -0.2) is 9.97 Å². The van der Waals surface area contributed by atoms with Crippen molar-refractivity contribution < 1.29 is 32.3 Å². The van der Waals surface area contributed by atoms with Crippen LogP contribution in [0, 0.1) is 0 Å². The number of methoxy groups -OCH3 is 1. The molecule has 1 saturated heterocycles. The predicted octanol–water partition coefficient (Wildman–Crippen LogP) is -1.50. The first-order valence-electron chi connectivity index (χ1n) is 6.91. The molecule has 2 aromatic heterocycles. The molecule has 2 aromatic rings. The highest BCUT2D eigenvalue weighted by Crippen LogP contribution is 2.35. The molecule has 12 heteroatoms. The third-order valence-corrected chi connectivity index (χ3v) is 4.11. The summed E-state index contributed by atoms with van der Waals surface area (Å²) in [7, 11) is -2.42. The molecule has 0 saturated carbocycles. The van der Waals surface area contributed by atoms with Gasteiger partial charge in [0.25, 0.3) is 10.1 Å². The molecule has 0 amide bonds. The van der Waals surface area contributed by atoms with Crippen LogP contribution in [0.2, 0.25) is 0 Å². The van der Waals surface area contributed by atoms with Gasteiger partial charge in [0.15, 0.2) is 5.65 Å². The number of aromatic nitrogens is 4. The van der Waals surface area contributed by atoms with E-state index < -0.39 is 41.1 Å². The molecule has 0 unspecified atom stereocenters. The Bertz CT molecular complexity index is 839. The van der Waals surface area contributed by atoms with E-state index in [2.05, 4.69) is 19.9 Å². The summed E-state index contributed by atoms with van der Waals surface area (Å²) in [5.74, 6) is 0.447. The fourth-order valence-corrected chi connectivity index (χ4v) is 3.19. The van der Waals surface area contributed by atoms with Crippen LogP contribution in [-0.4, -0.2) is 76.9 Å². The minimum atomic E-state index is -3.85. The molecular formula is C12H16N4O7S. The lowest BCUT2D eigenvalue weighted by molar-refractivity contribution is -0.0207. The van der Waals surface area contributed by atoms with Gasteiger partial charge in [-0.05, 0) is 0 Å². The highest BCUT2D eigenvalue weighted by Gasteiger charge is 2.48. The van der Waals surface area contributed by atoms with E-state index in [-0.39, 0.29) is 11.7 Å². The van der Waals surface area contributed by atoms with Crippen molar-refractivity contribution in [2.45, 2.75) is 24.4 Å².